The van der Waals surface area contributed by atoms with E-state index in [4.69, 9.17) is 4.74 Å². The van der Waals surface area contributed by atoms with Gasteiger partial charge in [-0.05, 0) is 25.0 Å². The molecule has 0 amide bonds. The third-order valence-corrected chi connectivity index (χ3v) is 3.81. The topological polar surface area (TPSA) is 29.5 Å². The number of nitrogens with zero attached hydrogens (tertiary/aromatic N) is 1. The Bertz CT molecular complexity index is 385. The first kappa shape index (κ1) is 13.9. The van der Waals surface area contributed by atoms with E-state index in [-0.39, 0.29) is 11.9 Å². The van der Waals surface area contributed by atoms with E-state index in [0.29, 0.717) is 6.61 Å². The van der Waals surface area contributed by atoms with Crippen molar-refractivity contribution < 1.29 is 9.53 Å². The summed E-state index contributed by atoms with van der Waals surface area (Å²) in [5, 5.41) is 0. The number of hydrogen-bond acceptors (Lipinski definition) is 3. The molecule has 19 heavy (non-hydrogen) atoms. The molecular formula is C16H23NO2. The van der Waals surface area contributed by atoms with Crippen LogP contribution < -0.4 is 4.90 Å². The Kier molecular flexibility index (Phi) is 5.25. The quantitative estimate of drug-likeness (QED) is 0.762. The number of likely N-dealkylation sites (N-methyl/N-ethyl adjacent to an activating group) is 1. The molecule has 1 aliphatic rings. The predicted molar refractivity (Wildman–Crippen MR) is 77.2 cm³/mol. The minimum absolute atomic E-state index is 0.00108. The van der Waals surface area contributed by atoms with Gasteiger partial charge in [0.25, 0.3) is 0 Å². The highest BCUT2D eigenvalue weighted by Gasteiger charge is 2.22. The summed E-state index contributed by atoms with van der Waals surface area (Å²) in [6, 6.07) is 10.1. The number of para-hydroxylation sites is 1. The molecule has 0 saturated heterocycles. The lowest BCUT2D eigenvalue weighted by Crippen LogP contribution is -2.27. The molecule has 1 aromatic rings. The van der Waals surface area contributed by atoms with Gasteiger partial charge in [-0.3, -0.25) is 4.79 Å². The zero-order chi connectivity index (χ0) is 13.5. The molecule has 3 nitrogen and oxygen atoms in total. The van der Waals surface area contributed by atoms with E-state index in [1.54, 1.807) is 0 Å². The minimum atomic E-state index is 0.00108. The monoisotopic (exact) mass is 261 g/mol. The van der Waals surface area contributed by atoms with Crippen LogP contribution in [0, 0.1) is 5.92 Å². The van der Waals surface area contributed by atoms with Crippen LogP contribution in [0.3, 0.4) is 0 Å². The smallest absolute Gasteiger partial charge is 0.308 e. The first-order valence-corrected chi connectivity index (χ1v) is 7.20. The standard InChI is InChI=1S/C16H23NO2/c1-17(15-10-6-3-7-11-15)12-13-19-16(18)14-8-4-2-5-9-14/h3,6-7,10-11,14H,2,4-5,8-9,12-13H2,1H3. The normalized spacial score (nSPS) is 16.1. The number of benzene rings is 1. The number of carbonyl (C=O) groups excluding carboxylic acids is 1. The molecule has 1 aliphatic carbocycles. The molecule has 0 bridgehead atoms. The first-order valence-electron chi connectivity index (χ1n) is 7.20. The van der Waals surface area contributed by atoms with Gasteiger partial charge >= 0.3 is 5.97 Å². The average Bonchev–Trinajstić information content (AvgIpc) is 2.49. The summed E-state index contributed by atoms with van der Waals surface area (Å²) >= 11 is 0. The molecule has 2 rings (SSSR count). The van der Waals surface area contributed by atoms with Crippen molar-refractivity contribution in [3.8, 4) is 0 Å². The molecule has 1 aromatic carbocycles. The van der Waals surface area contributed by atoms with Crippen LogP contribution in [0.2, 0.25) is 0 Å². The molecular weight excluding hydrogens is 238 g/mol. The molecule has 0 N–H and O–H groups in total. The van der Waals surface area contributed by atoms with Gasteiger partial charge in [0, 0.05) is 12.7 Å². The average molecular weight is 261 g/mol. The summed E-state index contributed by atoms with van der Waals surface area (Å²) in [5.41, 5.74) is 1.15. The van der Waals surface area contributed by atoms with Crippen molar-refractivity contribution in [1.82, 2.24) is 0 Å². The maximum atomic E-state index is 11.9. The van der Waals surface area contributed by atoms with Gasteiger partial charge in [-0.15, -0.1) is 0 Å². The number of esters is 1. The third kappa shape index (κ3) is 4.27. The van der Waals surface area contributed by atoms with Crippen LogP contribution in [0.5, 0.6) is 0 Å². The number of hydrogen-bond donors (Lipinski definition) is 0. The van der Waals surface area contributed by atoms with Crippen LogP contribution in [-0.4, -0.2) is 26.2 Å². The zero-order valence-corrected chi connectivity index (χ0v) is 11.7. The van der Waals surface area contributed by atoms with E-state index in [9.17, 15) is 4.79 Å². The summed E-state index contributed by atoms with van der Waals surface area (Å²) in [5.74, 6) is 0.150. The van der Waals surface area contributed by atoms with Crippen molar-refractivity contribution in [2.75, 3.05) is 25.1 Å². The van der Waals surface area contributed by atoms with Gasteiger partial charge in [-0.2, -0.15) is 0 Å². The first-order chi connectivity index (χ1) is 9.27. The van der Waals surface area contributed by atoms with Crippen molar-refractivity contribution in [3.63, 3.8) is 0 Å². The molecule has 1 saturated carbocycles. The molecule has 0 aromatic heterocycles. The maximum Gasteiger partial charge on any atom is 0.308 e. The van der Waals surface area contributed by atoms with E-state index >= 15 is 0 Å². The lowest BCUT2D eigenvalue weighted by molar-refractivity contribution is -0.149. The number of anilines is 1. The molecule has 0 radical (unpaired) electrons. The van der Waals surface area contributed by atoms with Gasteiger partial charge < -0.3 is 9.64 Å². The van der Waals surface area contributed by atoms with Crippen LogP contribution >= 0.6 is 0 Å². The Morgan fingerprint density at radius 3 is 2.58 bits per heavy atom. The van der Waals surface area contributed by atoms with Crippen molar-refractivity contribution >= 4 is 11.7 Å². The highest BCUT2D eigenvalue weighted by atomic mass is 16.5. The SMILES string of the molecule is CN(CCOC(=O)C1CCCCC1)c1ccccc1. The molecule has 1 fully saturated rings. The number of rotatable bonds is 5. The second kappa shape index (κ2) is 7.17. The molecule has 0 unspecified atom stereocenters. The van der Waals surface area contributed by atoms with Crippen LogP contribution in [0.1, 0.15) is 32.1 Å². The summed E-state index contributed by atoms with van der Waals surface area (Å²) in [6.45, 7) is 1.21. The van der Waals surface area contributed by atoms with Gasteiger partial charge in [0.15, 0.2) is 0 Å². The van der Waals surface area contributed by atoms with Gasteiger partial charge in [-0.25, -0.2) is 0 Å². The molecule has 3 heteroatoms. The van der Waals surface area contributed by atoms with Gasteiger partial charge in [0.1, 0.15) is 6.61 Å². The van der Waals surface area contributed by atoms with Crippen LogP contribution in [0.4, 0.5) is 5.69 Å². The van der Waals surface area contributed by atoms with E-state index in [0.717, 1.165) is 25.1 Å². The van der Waals surface area contributed by atoms with E-state index < -0.39 is 0 Å². The summed E-state index contributed by atoms with van der Waals surface area (Å²) in [6.07, 6.45) is 5.62. The fourth-order valence-electron chi connectivity index (χ4n) is 2.55. The highest BCUT2D eigenvalue weighted by molar-refractivity contribution is 5.72. The Hall–Kier alpha value is -1.51. The fourth-order valence-corrected chi connectivity index (χ4v) is 2.55. The van der Waals surface area contributed by atoms with Crippen molar-refractivity contribution in [1.29, 1.82) is 0 Å². The highest BCUT2D eigenvalue weighted by Crippen LogP contribution is 2.24. The van der Waals surface area contributed by atoms with Crippen molar-refractivity contribution in [3.05, 3.63) is 30.3 Å². The fraction of sp³-hybridized carbons (Fsp3) is 0.562. The van der Waals surface area contributed by atoms with Crippen molar-refractivity contribution in [2.24, 2.45) is 5.92 Å². The summed E-state index contributed by atoms with van der Waals surface area (Å²) < 4.78 is 5.39. The lowest BCUT2D eigenvalue weighted by Gasteiger charge is -2.22. The number of carbonyl (C=O) groups is 1. The molecule has 0 atom stereocenters. The van der Waals surface area contributed by atoms with Crippen molar-refractivity contribution in [2.45, 2.75) is 32.1 Å². The molecule has 0 aliphatic heterocycles. The van der Waals surface area contributed by atoms with E-state index in [1.165, 1.54) is 19.3 Å². The van der Waals surface area contributed by atoms with Crippen LogP contribution in [-0.2, 0) is 9.53 Å². The van der Waals surface area contributed by atoms with E-state index in [1.807, 2.05) is 25.2 Å². The second-order valence-corrected chi connectivity index (χ2v) is 5.26. The second-order valence-electron chi connectivity index (χ2n) is 5.26. The Morgan fingerprint density at radius 1 is 1.21 bits per heavy atom. The number of ether oxygens (including phenoxy) is 1. The minimum Gasteiger partial charge on any atom is -0.464 e. The summed E-state index contributed by atoms with van der Waals surface area (Å²) in [4.78, 5) is 14.0. The Balaban J connectivity index is 1.69. The molecule has 0 heterocycles. The zero-order valence-electron chi connectivity index (χ0n) is 11.7. The van der Waals surface area contributed by atoms with Gasteiger partial charge in [-0.1, -0.05) is 37.5 Å². The Labute approximate surface area is 115 Å². The molecule has 0 spiro atoms. The predicted octanol–water partition coefficient (Wildman–Crippen LogP) is 3.25. The van der Waals surface area contributed by atoms with E-state index in [2.05, 4.69) is 17.0 Å². The third-order valence-electron chi connectivity index (χ3n) is 3.81. The van der Waals surface area contributed by atoms with Gasteiger partial charge in [0.05, 0.1) is 12.5 Å². The maximum absolute atomic E-state index is 11.9. The van der Waals surface area contributed by atoms with Crippen LogP contribution in [0.25, 0.3) is 0 Å². The van der Waals surface area contributed by atoms with Gasteiger partial charge in [0.2, 0.25) is 0 Å². The largest absolute Gasteiger partial charge is 0.464 e. The Morgan fingerprint density at radius 2 is 1.89 bits per heavy atom. The van der Waals surface area contributed by atoms with Crippen LogP contribution in [0.15, 0.2) is 30.3 Å². The molecule has 104 valence electrons. The summed E-state index contributed by atoms with van der Waals surface area (Å²) in [7, 11) is 2.02. The lowest BCUT2D eigenvalue weighted by atomic mass is 9.89.